The van der Waals surface area contributed by atoms with Gasteiger partial charge in [-0.25, -0.2) is 0 Å². The lowest BCUT2D eigenvalue weighted by atomic mass is 10.1. The Bertz CT molecular complexity index is 472. The third-order valence-electron chi connectivity index (χ3n) is 2.30. The van der Waals surface area contributed by atoms with Crippen LogP contribution in [0.1, 0.15) is 18.1 Å². The monoisotopic (exact) mass is 269 g/mol. The summed E-state index contributed by atoms with van der Waals surface area (Å²) in [6.07, 6.45) is 2.08. The molecule has 1 aromatic carbocycles. The van der Waals surface area contributed by atoms with Crippen LogP contribution in [-0.4, -0.2) is 5.91 Å². The minimum absolute atomic E-state index is 0.192. The molecule has 0 fully saturated rings. The average Bonchev–Trinajstić information content (AvgIpc) is 2.36. The van der Waals surface area contributed by atoms with Crippen molar-refractivity contribution in [1.29, 1.82) is 0 Å². The molecule has 0 saturated heterocycles. The molecule has 19 heavy (non-hydrogen) atoms. The lowest BCUT2D eigenvalue weighted by Gasteiger charge is -2.07. The SMILES string of the molecule is C/C=C/C=C/C(=O)NCc1ccc(C(F)(F)F)cc1. The van der Waals surface area contributed by atoms with Crippen molar-refractivity contribution in [2.75, 3.05) is 0 Å². The highest BCUT2D eigenvalue weighted by Crippen LogP contribution is 2.28. The molecule has 0 aliphatic carbocycles. The molecular weight excluding hydrogens is 255 g/mol. The Morgan fingerprint density at radius 3 is 2.37 bits per heavy atom. The van der Waals surface area contributed by atoms with Crippen LogP contribution in [0.4, 0.5) is 13.2 Å². The minimum Gasteiger partial charge on any atom is -0.348 e. The predicted molar refractivity (Wildman–Crippen MR) is 67.2 cm³/mol. The number of amides is 1. The molecule has 0 aromatic heterocycles. The predicted octanol–water partition coefficient (Wildman–Crippen LogP) is 3.45. The van der Waals surface area contributed by atoms with Crippen molar-refractivity contribution in [1.82, 2.24) is 5.32 Å². The van der Waals surface area contributed by atoms with Gasteiger partial charge in [0.25, 0.3) is 0 Å². The molecule has 0 heterocycles. The lowest BCUT2D eigenvalue weighted by Crippen LogP contribution is -2.20. The number of halogens is 3. The maximum Gasteiger partial charge on any atom is 0.416 e. The summed E-state index contributed by atoms with van der Waals surface area (Å²) in [5, 5.41) is 2.58. The van der Waals surface area contributed by atoms with Crippen LogP contribution in [0.25, 0.3) is 0 Å². The minimum atomic E-state index is -4.34. The summed E-state index contributed by atoms with van der Waals surface area (Å²) in [6.45, 7) is 2.02. The van der Waals surface area contributed by atoms with E-state index < -0.39 is 11.7 Å². The normalized spacial score (nSPS) is 12.2. The van der Waals surface area contributed by atoms with Gasteiger partial charge in [0, 0.05) is 12.6 Å². The fourth-order valence-electron chi connectivity index (χ4n) is 1.31. The lowest BCUT2D eigenvalue weighted by molar-refractivity contribution is -0.137. The van der Waals surface area contributed by atoms with Crippen LogP contribution in [0.15, 0.2) is 48.6 Å². The van der Waals surface area contributed by atoms with E-state index in [0.29, 0.717) is 5.56 Å². The molecule has 0 radical (unpaired) electrons. The smallest absolute Gasteiger partial charge is 0.348 e. The molecule has 0 aliphatic heterocycles. The Kier molecular flexibility index (Phi) is 5.36. The van der Waals surface area contributed by atoms with Crippen LogP contribution in [-0.2, 0) is 17.5 Å². The molecule has 1 aromatic rings. The van der Waals surface area contributed by atoms with Crippen LogP contribution in [0.5, 0.6) is 0 Å². The van der Waals surface area contributed by atoms with Gasteiger partial charge in [0.1, 0.15) is 0 Å². The molecule has 1 rings (SSSR count). The van der Waals surface area contributed by atoms with Crippen LogP contribution in [0.2, 0.25) is 0 Å². The van der Waals surface area contributed by atoms with E-state index in [2.05, 4.69) is 5.32 Å². The number of alkyl halides is 3. The van der Waals surface area contributed by atoms with Crippen molar-refractivity contribution in [3.8, 4) is 0 Å². The van der Waals surface area contributed by atoms with Gasteiger partial charge in [0.05, 0.1) is 5.56 Å². The maximum atomic E-state index is 12.3. The van der Waals surface area contributed by atoms with Gasteiger partial charge in [-0.3, -0.25) is 4.79 Å². The molecule has 0 spiro atoms. The van der Waals surface area contributed by atoms with Crippen molar-refractivity contribution >= 4 is 5.91 Å². The van der Waals surface area contributed by atoms with Crippen LogP contribution in [0, 0.1) is 0 Å². The van der Waals surface area contributed by atoms with E-state index in [4.69, 9.17) is 0 Å². The molecule has 1 amide bonds. The zero-order valence-corrected chi connectivity index (χ0v) is 10.4. The van der Waals surface area contributed by atoms with Gasteiger partial charge in [-0.15, -0.1) is 0 Å². The van der Waals surface area contributed by atoms with Crippen LogP contribution >= 0.6 is 0 Å². The van der Waals surface area contributed by atoms with E-state index in [0.717, 1.165) is 12.1 Å². The number of benzene rings is 1. The molecule has 0 bridgehead atoms. The maximum absolute atomic E-state index is 12.3. The molecule has 0 saturated carbocycles. The topological polar surface area (TPSA) is 29.1 Å². The highest BCUT2D eigenvalue weighted by atomic mass is 19.4. The largest absolute Gasteiger partial charge is 0.416 e. The zero-order valence-electron chi connectivity index (χ0n) is 10.4. The quantitative estimate of drug-likeness (QED) is 0.658. The highest BCUT2D eigenvalue weighted by Gasteiger charge is 2.29. The number of rotatable bonds is 4. The highest BCUT2D eigenvalue weighted by molar-refractivity contribution is 5.87. The first kappa shape index (κ1) is 15.0. The molecule has 5 heteroatoms. The molecule has 0 aliphatic rings. The van der Waals surface area contributed by atoms with Gasteiger partial charge in [-0.1, -0.05) is 30.4 Å². The standard InChI is InChI=1S/C14H14F3NO/c1-2-3-4-5-13(19)18-10-11-6-8-12(9-7-11)14(15,16)17/h2-9H,10H2,1H3,(H,18,19)/b3-2+,5-4+. The van der Waals surface area contributed by atoms with Crippen molar-refractivity contribution in [3.63, 3.8) is 0 Å². The fraction of sp³-hybridized carbons (Fsp3) is 0.214. The Morgan fingerprint density at radius 1 is 1.21 bits per heavy atom. The van der Waals surface area contributed by atoms with Crippen molar-refractivity contribution < 1.29 is 18.0 Å². The number of hydrogen-bond acceptors (Lipinski definition) is 1. The third kappa shape index (κ3) is 5.42. The van der Waals surface area contributed by atoms with E-state index in [-0.39, 0.29) is 12.5 Å². The summed E-state index contributed by atoms with van der Waals surface area (Å²) >= 11 is 0. The molecule has 2 nitrogen and oxygen atoms in total. The number of nitrogens with one attached hydrogen (secondary N) is 1. The summed E-state index contributed by atoms with van der Waals surface area (Å²) in [7, 11) is 0. The summed E-state index contributed by atoms with van der Waals surface area (Å²) in [4.78, 5) is 11.3. The van der Waals surface area contributed by atoms with Gasteiger partial charge >= 0.3 is 6.18 Å². The Morgan fingerprint density at radius 2 is 1.84 bits per heavy atom. The molecule has 0 unspecified atom stereocenters. The van der Waals surface area contributed by atoms with E-state index in [9.17, 15) is 18.0 Å². The van der Waals surface area contributed by atoms with E-state index in [1.807, 2.05) is 6.92 Å². The van der Waals surface area contributed by atoms with Gasteiger partial charge in [0.2, 0.25) is 5.91 Å². The Balaban J connectivity index is 2.53. The number of hydrogen-bond donors (Lipinski definition) is 1. The van der Waals surface area contributed by atoms with Crippen molar-refractivity contribution in [3.05, 3.63) is 59.7 Å². The Labute approximate surface area is 109 Å². The Hall–Kier alpha value is -2.04. The van der Waals surface area contributed by atoms with Gasteiger partial charge in [-0.05, 0) is 24.6 Å². The number of allylic oxidation sites excluding steroid dienone is 3. The average molecular weight is 269 g/mol. The first-order valence-corrected chi connectivity index (χ1v) is 5.67. The molecule has 102 valence electrons. The molecule has 1 N–H and O–H groups in total. The van der Waals surface area contributed by atoms with Crippen molar-refractivity contribution in [2.24, 2.45) is 0 Å². The van der Waals surface area contributed by atoms with Gasteiger partial charge in [-0.2, -0.15) is 13.2 Å². The van der Waals surface area contributed by atoms with Crippen molar-refractivity contribution in [2.45, 2.75) is 19.6 Å². The first-order valence-electron chi connectivity index (χ1n) is 5.67. The number of carbonyl (C=O) groups is 1. The third-order valence-corrected chi connectivity index (χ3v) is 2.30. The van der Waals surface area contributed by atoms with Crippen LogP contribution in [0.3, 0.4) is 0 Å². The van der Waals surface area contributed by atoms with Gasteiger partial charge < -0.3 is 5.32 Å². The second kappa shape index (κ2) is 6.78. The van der Waals surface area contributed by atoms with Gasteiger partial charge in [0.15, 0.2) is 0 Å². The summed E-state index contributed by atoms with van der Waals surface area (Å²) in [5.41, 5.74) is -0.0867. The first-order chi connectivity index (χ1) is 8.93. The summed E-state index contributed by atoms with van der Waals surface area (Å²) < 4.78 is 37.0. The van der Waals surface area contributed by atoms with E-state index >= 15 is 0 Å². The fourth-order valence-corrected chi connectivity index (χ4v) is 1.31. The van der Waals surface area contributed by atoms with Crippen LogP contribution < -0.4 is 5.32 Å². The summed E-state index contributed by atoms with van der Waals surface area (Å²) in [6, 6.07) is 4.69. The van der Waals surface area contributed by atoms with E-state index in [1.165, 1.54) is 18.2 Å². The summed E-state index contributed by atoms with van der Waals surface area (Å²) in [5.74, 6) is -0.294. The zero-order chi connectivity index (χ0) is 14.3. The second-order valence-electron chi connectivity index (χ2n) is 3.80. The molecule has 0 atom stereocenters. The second-order valence-corrected chi connectivity index (χ2v) is 3.80. The van der Waals surface area contributed by atoms with E-state index in [1.54, 1.807) is 18.2 Å². The molecular formula is C14H14F3NO. The number of carbonyl (C=O) groups excluding carboxylic acids is 1.